The van der Waals surface area contributed by atoms with Crippen LogP contribution in [0.3, 0.4) is 0 Å². The maximum Gasteiger partial charge on any atom is 0.123 e. The summed E-state index contributed by atoms with van der Waals surface area (Å²) in [5.74, 6) is 0.516. The van der Waals surface area contributed by atoms with E-state index in [4.69, 9.17) is 9.84 Å². The van der Waals surface area contributed by atoms with Gasteiger partial charge in [0, 0.05) is 24.8 Å². The van der Waals surface area contributed by atoms with Crippen LogP contribution in [0.4, 0.5) is 4.39 Å². The normalized spacial score (nSPS) is 11.1. The van der Waals surface area contributed by atoms with Gasteiger partial charge in [-0.1, -0.05) is 20.3 Å². The number of aliphatic hydroxyl groups is 1. The van der Waals surface area contributed by atoms with Crippen molar-refractivity contribution in [2.45, 2.75) is 52.1 Å². The maximum absolute atomic E-state index is 13.3. The first-order chi connectivity index (χ1) is 9.63. The summed E-state index contributed by atoms with van der Waals surface area (Å²) in [5, 5.41) is 12.0. The first-order valence-corrected chi connectivity index (χ1v) is 7.39. The number of halogens is 1. The first-order valence-electron chi connectivity index (χ1n) is 7.39. The second-order valence-corrected chi connectivity index (χ2v) is 5.27. The Morgan fingerprint density at radius 1 is 1.20 bits per heavy atom. The number of hydrogen-bond donors (Lipinski definition) is 2. The van der Waals surface area contributed by atoms with Crippen LogP contribution in [-0.4, -0.2) is 24.4 Å². The minimum absolute atomic E-state index is 0.235. The van der Waals surface area contributed by atoms with Crippen molar-refractivity contribution in [3.8, 4) is 5.75 Å². The van der Waals surface area contributed by atoms with Crippen LogP contribution in [0.25, 0.3) is 0 Å². The summed E-state index contributed by atoms with van der Waals surface area (Å²) in [4.78, 5) is 0. The SMILES string of the molecule is CC(C)NCc1cc(F)ccc1OCCCCCCO. The molecule has 0 saturated heterocycles. The third-order valence-corrected chi connectivity index (χ3v) is 3.03. The Hall–Kier alpha value is -1.13. The summed E-state index contributed by atoms with van der Waals surface area (Å²) < 4.78 is 19.0. The van der Waals surface area contributed by atoms with Crippen LogP contribution >= 0.6 is 0 Å². The van der Waals surface area contributed by atoms with Gasteiger partial charge in [0.05, 0.1) is 6.61 Å². The molecule has 0 aliphatic rings. The minimum Gasteiger partial charge on any atom is -0.493 e. The fraction of sp³-hybridized carbons (Fsp3) is 0.625. The topological polar surface area (TPSA) is 41.5 Å². The van der Waals surface area contributed by atoms with Gasteiger partial charge in [0.1, 0.15) is 11.6 Å². The van der Waals surface area contributed by atoms with Crippen molar-refractivity contribution in [3.05, 3.63) is 29.6 Å². The summed E-state index contributed by atoms with van der Waals surface area (Å²) in [6.07, 6.45) is 3.86. The fourth-order valence-electron chi connectivity index (χ4n) is 1.89. The fourth-order valence-corrected chi connectivity index (χ4v) is 1.89. The molecular formula is C16H26FNO2. The number of rotatable bonds is 10. The molecule has 0 heterocycles. The second-order valence-electron chi connectivity index (χ2n) is 5.27. The van der Waals surface area contributed by atoms with Crippen molar-refractivity contribution < 1.29 is 14.2 Å². The van der Waals surface area contributed by atoms with Gasteiger partial charge in [-0.3, -0.25) is 0 Å². The molecule has 0 atom stereocenters. The van der Waals surface area contributed by atoms with Crippen LogP contribution < -0.4 is 10.1 Å². The second kappa shape index (κ2) is 9.72. The summed E-state index contributed by atoms with van der Waals surface area (Å²) >= 11 is 0. The zero-order valence-corrected chi connectivity index (χ0v) is 12.5. The number of hydrogen-bond acceptors (Lipinski definition) is 3. The van der Waals surface area contributed by atoms with Crippen LogP contribution in [0.5, 0.6) is 5.75 Å². The average Bonchev–Trinajstić information content (AvgIpc) is 2.42. The number of ether oxygens (including phenoxy) is 1. The van der Waals surface area contributed by atoms with E-state index in [0.29, 0.717) is 19.2 Å². The predicted molar refractivity (Wildman–Crippen MR) is 79.4 cm³/mol. The lowest BCUT2D eigenvalue weighted by Crippen LogP contribution is -2.22. The first kappa shape index (κ1) is 16.9. The van der Waals surface area contributed by atoms with Crippen LogP contribution in [0, 0.1) is 5.82 Å². The zero-order valence-electron chi connectivity index (χ0n) is 12.5. The van der Waals surface area contributed by atoms with Gasteiger partial charge < -0.3 is 15.2 Å². The summed E-state index contributed by atoms with van der Waals surface area (Å²) in [7, 11) is 0. The average molecular weight is 283 g/mol. The van der Waals surface area contributed by atoms with E-state index in [2.05, 4.69) is 19.2 Å². The Bertz CT molecular complexity index is 383. The lowest BCUT2D eigenvalue weighted by Gasteiger charge is -2.14. The molecular weight excluding hydrogens is 257 g/mol. The van der Waals surface area contributed by atoms with Crippen molar-refractivity contribution in [2.75, 3.05) is 13.2 Å². The van der Waals surface area contributed by atoms with E-state index in [1.165, 1.54) is 12.1 Å². The van der Waals surface area contributed by atoms with Crippen molar-refractivity contribution in [3.63, 3.8) is 0 Å². The van der Waals surface area contributed by atoms with E-state index >= 15 is 0 Å². The summed E-state index contributed by atoms with van der Waals surface area (Å²) in [6, 6.07) is 5.00. The van der Waals surface area contributed by atoms with Crippen molar-refractivity contribution in [1.82, 2.24) is 5.32 Å². The van der Waals surface area contributed by atoms with E-state index in [0.717, 1.165) is 37.0 Å². The summed E-state index contributed by atoms with van der Waals surface area (Å²) in [6.45, 7) is 5.60. The van der Waals surface area contributed by atoms with Gasteiger partial charge in [-0.25, -0.2) is 4.39 Å². The molecule has 0 radical (unpaired) electrons. The molecule has 1 aromatic carbocycles. The van der Waals surface area contributed by atoms with E-state index < -0.39 is 0 Å². The minimum atomic E-state index is -0.235. The molecule has 0 saturated carbocycles. The van der Waals surface area contributed by atoms with Gasteiger partial charge in [0.2, 0.25) is 0 Å². The van der Waals surface area contributed by atoms with Gasteiger partial charge in [-0.05, 0) is 37.5 Å². The molecule has 0 unspecified atom stereocenters. The largest absolute Gasteiger partial charge is 0.493 e. The Morgan fingerprint density at radius 2 is 1.95 bits per heavy atom. The molecule has 0 fully saturated rings. The highest BCUT2D eigenvalue weighted by Crippen LogP contribution is 2.20. The van der Waals surface area contributed by atoms with Crippen LogP contribution in [0.2, 0.25) is 0 Å². The Labute approximate surface area is 121 Å². The Morgan fingerprint density at radius 3 is 2.65 bits per heavy atom. The van der Waals surface area contributed by atoms with Gasteiger partial charge in [0.25, 0.3) is 0 Å². The van der Waals surface area contributed by atoms with E-state index in [9.17, 15) is 4.39 Å². The standard InChI is InChI=1S/C16H26FNO2/c1-13(2)18-12-14-11-15(17)7-8-16(14)20-10-6-4-3-5-9-19/h7-8,11,13,18-19H,3-6,9-10,12H2,1-2H3. The number of aliphatic hydroxyl groups excluding tert-OH is 1. The monoisotopic (exact) mass is 283 g/mol. The molecule has 3 nitrogen and oxygen atoms in total. The van der Waals surface area contributed by atoms with Gasteiger partial charge >= 0.3 is 0 Å². The maximum atomic E-state index is 13.3. The van der Waals surface area contributed by atoms with Crippen LogP contribution in [-0.2, 0) is 6.54 Å². The number of benzene rings is 1. The molecule has 0 amide bonds. The smallest absolute Gasteiger partial charge is 0.123 e. The molecule has 114 valence electrons. The van der Waals surface area contributed by atoms with E-state index in [1.807, 2.05) is 0 Å². The lowest BCUT2D eigenvalue weighted by atomic mass is 10.1. The van der Waals surface area contributed by atoms with Gasteiger partial charge in [-0.2, -0.15) is 0 Å². The Balaban J connectivity index is 2.43. The lowest BCUT2D eigenvalue weighted by molar-refractivity contribution is 0.272. The quantitative estimate of drug-likeness (QED) is 0.648. The molecule has 1 rings (SSSR count). The van der Waals surface area contributed by atoms with E-state index in [1.54, 1.807) is 6.07 Å². The van der Waals surface area contributed by atoms with Gasteiger partial charge in [0.15, 0.2) is 0 Å². The third kappa shape index (κ3) is 6.87. The molecule has 4 heteroatoms. The van der Waals surface area contributed by atoms with Crippen LogP contribution in [0.1, 0.15) is 45.1 Å². The molecule has 2 N–H and O–H groups in total. The van der Waals surface area contributed by atoms with Gasteiger partial charge in [-0.15, -0.1) is 0 Å². The predicted octanol–water partition coefficient (Wildman–Crippen LogP) is 3.26. The molecule has 0 aliphatic heterocycles. The third-order valence-electron chi connectivity index (χ3n) is 3.03. The molecule has 0 spiro atoms. The molecule has 0 aromatic heterocycles. The highest BCUT2D eigenvalue weighted by molar-refractivity contribution is 5.33. The molecule has 0 aliphatic carbocycles. The van der Waals surface area contributed by atoms with Crippen molar-refractivity contribution in [2.24, 2.45) is 0 Å². The molecule has 0 bridgehead atoms. The molecule has 20 heavy (non-hydrogen) atoms. The van der Waals surface area contributed by atoms with Crippen molar-refractivity contribution >= 4 is 0 Å². The number of nitrogens with one attached hydrogen (secondary N) is 1. The van der Waals surface area contributed by atoms with Crippen molar-refractivity contribution in [1.29, 1.82) is 0 Å². The highest BCUT2D eigenvalue weighted by Gasteiger charge is 2.06. The highest BCUT2D eigenvalue weighted by atomic mass is 19.1. The number of unbranched alkanes of at least 4 members (excludes halogenated alkanes) is 3. The Kier molecular flexibility index (Phi) is 8.23. The van der Waals surface area contributed by atoms with Crippen LogP contribution in [0.15, 0.2) is 18.2 Å². The molecule has 1 aromatic rings. The van der Waals surface area contributed by atoms with E-state index in [-0.39, 0.29) is 12.4 Å². The summed E-state index contributed by atoms with van der Waals surface area (Å²) in [5.41, 5.74) is 0.856. The zero-order chi connectivity index (χ0) is 14.8.